The highest BCUT2D eigenvalue weighted by molar-refractivity contribution is 5.91. The van der Waals surface area contributed by atoms with E-state index in [0.29, 0.717) is 22.8 Å². The number of hydrogen-bond donors (Lipinski definition) is 0. The minimum atomic E-state index is -0.459. The number of piperazine rings is 1. The number of likely N-dealkylation sites (N-methyl/N-ethyl adjacent to an activating group) is 1. The van der Waals surface area contributed by atoms with Crippen molar-refractivity contribution in [2.24, 2.45) is 5.10 Å². The molecule has 0 atom stereocenters. The minimum Gasteiger partial charge on any atom is -0.497 e. The van der Waals surface area contributed by atoms with E-state index in [2.05, 4.69) is 17.0 Å². The van der Waals surface area contributed by atoms with Crippen molar-refractivity contribution in [1.82, 2.24) is 9.91 Å². The highest BCUT2D eigenvalue weighted by atomic mass is 16.6. The van der Waals surface area contributed by atoms with Crippen LogP contribution in [0.15, 0.2) is 47.6 Å². The summed E-state index contributed by atoms with van der Waals surface area (Å²) in [5, 5.41) is 6.57. The second-order valence-corrected chi connectivity index (χ2v) is 6.53. The molecule has 28 heavy (non-hydrogen) atoms. The van der Waals surface area contributed by atoms with Crippen LogP contribution in [0.3, 0.4) is 0 Å². The van der Waals surface area contributed by atoms with Gasteiger partial charge in [0.15, 0.2) is 11.5 Å². The molecule has 0 amide bonds. The lowest BCUT2D eigenvalue weighted by atomic mass is 10.2. The summed E-state index contributed by atoms with van der Waals surface area (Å²) in [6.07, 6.45) is 1.79. The van der Waals surface area contributed by atoms with E-state index in [-0.39, 0.29) is 0 Å². The smallest absolute Gasteiger partial charge is 0.343 e. The molecule has 0 aromatic heterocycles. The van der Waals surface area contributed by atoms with Gasteiger partial charge in [0, 0.05) is 26.2 Å². The third kappa shape index (κ3) is 5.01. The van der Waals surface area contributed by atoms with Crippen LogP contribution in [0.4, 0.5) is 0 Å². The van der Waals surface area contributed by atoms with E-state index in [1.165, 1.54) is 0 Å². The molecule has 0 bridgehead atoms. The fraction of sp³-hybridized carbons (Fsp3) is 0.333. The van der Waals surface area contributed by atoms with Crippen molar-refractivity contribution in [3.05, 3.63) is 53.6 Å². The Morgan fingerprint density at radius 1 is 0.964 bits per heavy atom. The van der Waals surface area contributed by atoms with E-state index in [9.17, 15) is 4.79 Å². The predicted molar refractivity (Wildman–Crippen MR) is 108 cm³/mol. The van der Waals surface area contributed by atoms with Crippen LogP contribution in [0.2, 0.25) is 0 Å². The topological polar surface area (TPSA) is 63.6 Å². The average molecular weight is 383 g/mol. The van der Waals surface area contributed by atoms with Crippen LogP contribution in [0, 0.1) is 0 Å². The van der Waals surface area contributed by atoms with Crippen LogP contribution in [-0.4, -0.2) is 69.5 Å². The van der Waals surface area contributed by atoms with Gasteiger partial charge in [-0.15, -0.1) is 0 Å². The number of methoxy groups -OCH3 is 2. The second-order valence-electron chi connectivity index (χ2n) is 6.53. The van der Waals surface area contributed by atoms with Gasteiger partial charge >= 0.3 is 5.97 Å². The quantitative estimate of drug-likeness (QED) is 0.434. The van der Waals surface area contributed by atoms with Gasteiger partial charge in [-0.05, 0) is 55.1 Å². The maximum Gasteiger partial charge on any atom is 0.343 e. The highest BCUT2D eigenvalue weighted by Crippen LogP contribution is 2.28. The number of carbonyl (C=O) groups excluding carboxylic acids is 1. The summed E-state index contributed by atoms with van der Waals surface area (Å²) in [5.41, 5.74) is 1.31. The zero-order chi connectivity index (χ0) is 19.9. The Morgan fingerprint density at radius 3 is 2.32 bits per heavy atom. The van der Waals surface area contributed by atoms with Crippen molar-refractivity contribution in [3.63, 3.8) is 0 Å². The van der Waals surface area contributed by atoms with Gasteiger partial charge in [0.05, 0.1) is 26.0 Å². The second kappa shape index (κ2) is 9.23. The molecular weight excluding hydrogens is 358 g/mol. The van der Waals surface area contributed by atoms with E-state index < -0.39 is 5.97 Å². The molecule has 3 rings (SSSR count). The Morgan fingerprint density at radius 2 is 1.68 bits per heavy atom. The van der Waals surface area contributed by atoms with Gasteiger partial charge in [-0.1, -0.05) is 0 Å². The Hall–Kier alpha value is -3.06. The Balaban J connectivity index is 1.67. The Kier molecular flexibility index (Phi) is 6.49. The van der Waals surface area contributed by atoms with Crippen molar-refractivity contribution in [3.8, 4) is 17.2 Å². The monoisotopic (exact) mass is 383 g/mol. The summed E-state index contributed by atoms with van der Waals surface area (Å²) in [6.45, 7) is 3.81. The minimum absolute atomic E-state index is 0.361. The van der Waals surface area contributed by atoms with Crippen LogP contribution in [0.25, 0.3) is 0 Å². The first kappa shape index (κ1) is 19.7. The first-order valence-corrected chi connectivity index (χ1v) is 9.11. The highest BCUT2D eigenvalue weighted by Gasteiger charge is 2.14. The normalized spacial score (nSPS) is 14.9. The van der Waals surface area contributed by atoms with Crippen molar-refractivity contribution in [2.45, 2.75) is 0 Å². The van der Waals surface area contributed by atoms with Crippen LogP contribution in [0.1, 0.15) is 15.9 Å². The molecule has 148 valence electrons. The van der Waals surface area contributed by atoms with E-state index in [1.54, 1.807) is 56.8 Å². The largest absolute Gasteiger partial charge is 0.497 e. The lowest BCUT2D eigenvalue weighted by Gasteiger charge is -2.30. The molecule has 7 nitrogen and oxygen atoms in total. The first-order chi connectivity index (χ1) is 13.6. The average Bonchev–Trinajstić information content (AvgIpc) is 2.74. The lowest BCUT2D eigenvalue weighted by Crippen LogP contribution is -2.41. The van der Waals surface area contributed by atoms with E-state index in [4.69, 9.17) is 14.2 Å². The van der Waals surface area contributed by atoms with E-state index >= 15 is 0 Å². The standard InChI is InChI=1S/C21H25N3O4/c1-23-10-12-24(13-11-23)22-15-16-4-9-19(20(14-16)27-3)28-21(25)17-5-7-18(26-2)8-6-17/h4-9,14-15H,10-13H2,1-3H3/b22-15-. The fourth-order valence-electron chi connectivity index (χ4n) is 2.79. The van der Waals surface area contributed by atoms with Gasteiger partial charge in [-0.25, -0.2) is 4.79 Å². The summed E-state index contributed by atoms with van der Waals surface area (Å²) in [6, 6.07) is 12.1. The number of esters is 1. The van der Waals surface area contributed by atoms with Crippen molar-refractivity contribution >= 4 is 12.2 Å². The maximum atomic E-state index is 12.4. The van der Waals surface area contributed by atoms with Crippen molar-refractivity contribution in [2.75, 3.05) is 47.4 Å². The summed E-state index contributed by atoms with van der Waals surface area (Å²) in [7, 11) is 5.23. The molecule has 7 heteroatoms. The Labute approximate surface area is 165 Å². The summed E-state index contributed by atoms with van der Waals surface area (Å²) >= 11 is 0. The molecule has 1 aliphatic rings. The van der Waals surface area contributed by atoms with Crippen molar-refractivity contribution < 1.29 is 19.0 Å². The molecule has 1 aliphatic heterocycles. The lowest BCUT2D eigenvalue weighted by molar-refractivity contribution is 0.0729. The Bertz CT molecular complexity index is 828. The number of carbonyl (C=O) groups is 1. The van der Waals surface area contributed by atoms with Crippen molar-refractivity contribution in [1.29, 1.82) is 0 Å². The summed E-state index contributed by atoms with van der Waals surface area (Å²) in [5.74, 6) is 1.06. The SMILES string of the molecule is COc1ccc(C(=O)Oc2ccc(/C=N\N3CCN(C)CC3)cc2OC)cc1. The third-order valence-electron chi connectivity index (χ3n) is 4.57. The third-order valence-corrected chi connectivity index (χ3v) is 4.57. The molecular formula is C21H25N3O4. The first-order valence-electron chi connectivity index (χ1n) is 9.11. The summed E-state index contributed by atoms with van der Waals surface area (Å²) in [4.78, 5) is 14.6. The van der Waals surface area contributed by atoms with E-state index in [0.717, 1.165) is 31.7 Å². The summed E-state index contributed by atoms with van der Waals surface area (Å²) < 4.78 is 16.0. The zero-order valence-electron chi connectivity index (χ0n) is 16.4. The van der Waals surface area contributed by atoms with Gasteiger partial charge in [0.1, 0.15) is 5.75 Å². The molecule has 1 fully saturated rings. The maximum absolute atomic E-state index is 12.4. The molecule has 0 N–H and O–H groups in total. The fourth-order valence-corrected chi connectivity index (χ4v) is 2.79. The van der Waals surface area contributed by atoms with Gasteiger partial charge in [0.2, 0.25) is 0 Å². The van der Waals surface area contributed by atoms with Gasteiger partial charge in [-0.3, -0.25) is 5.01 Å². The molecule has 0 aliphatic carbocycles. The van der Waals surface area contributed by atoms with Gasteiger partial charge in [0.25, 0.3) is 0 Å². The number of ether oxygens (including phenoxy) is 3. The van der Waals surface area contributed by atoms with Crippen LogP contribution < -0.4 is 14.2 Å². The molecule has 1 heterocycles. The molecule has 2 aromatic carbocycles. The number of rotatable bonds is 6. The predicted octanol–water partition coefficient (Wildman–Crippen LogP) is 2.50. The van der Waals surface area contributed by atoms with Crippen LogP contribution in [0.5, 0.6) is 17.2 Å². The molecule has 0 unspecified atom stereocenters. The molecule has 1 saturated heterocycles. The number of hydrazone groups is 1. The molecule has 0 saturated carbocycles. The molecule has 0 spiro atoms. The van der Waals surface area contributed by atoms with Crippen LogP contribution >= 0.6 is 0 Å². The molecule has 0 radical (unpaired) electrons. The molecule has 2 aromatic rings. The van der Waals surface area contributed by atoms with Gasteiger partial charge < -0.3 is 19.1 Å². The van der Waals surface area contributed by atoms with Crippen LogP contribution in [-0.2, 0) is 0 Å². The van der Waals surface area contributed by atoms with E-state index in [1.807, 2.05) is 11.1 Å². The number of benzene rings is 2. The zero-order valence-corrected chi connectivity index (χ0v) is 16.4. The van der Waals surface area contributed by atoms with Gasteiger partial charge in [-0.2, -0.15) is 5.10 Å². The number of nitrogens with zero attached hydrogens (tertiary/aromatic N) is 3. The number of hydrogen-bond acceptors (Lipinski definition) is 7.